The summed E-state index contributed by atoms with van der Waals surface area (Å²) in [4.78, 5) is 2.18. The molecule has 3 nitrogen and oxygen atoms in total. The summed E-state index contributed by atoms with van der Waals surface area (Å²) < 4.78 is 6.44. The molecule has 0 unspecified atom stereocenters. The van der Waals surface area contributed by atoms with E-state index in [0.29, 0.717) is 19.8 Å². The van der Waals surface area contributed by atoms with Gasteiger partial charge < -0.3 is 9.84 Å². The minimum Gasteiger partial charge on any atom is -0.388 e. The normalized spacial score (nSPS) is 19.8. The van der Waals surface area contributed by atoms with Gasteiger partial charge in [0.1, 0.15) is 0 Å². The molecule has 0 atom stereocenters. The fourth-order valence-electron chi connectivity index (χ4n) is 2.21. The van der Waals surface area contributed by atoms with Crippen molar-refractivity contribution in [1.29, 1.82) is 0 Å². The molecule has 2 rings (SSSR count). The lowest BCUT2D eigenvalue weighted by Crippen LogP contribution is -2.45. The Bertz CT molecular complexity index is 363. The first-order valence-electron chi connectivity index (χ1n) is 5.79. The lowest BCUT2D eigenvalue weighted by Gasteiger charge is -2.35. The van der Waals surface area contributed by atoms with Crippen LogP contribution in [-0.4, -0.2) is 42.4 Å². The molecule has 5 heteroatoms. The van der Waals surface area contributed by atoms with Gasteiger partial charge >= 0.3 is 0 Å². The number of aliphatic hydroxyl groups is 1. The second-order valence-electron chi connectivity index (χ2n) is 4.77. The molecule has 17 heavy (non-hydrogen) atoms. The highest BCUT2D eigenvalue weighted by molar-refractivity contribution is 9.11. The lowest BCUT2D eigenvalue weighted by molar-refractivity contribution is -0.0777. The van der Waals surface area contributed by atoms with Crippen LogP contribution in [0, 0.1) is 0 Å². The van der Waals surface area contributed by atoms with Crippen molar-refractivity contribution in [2.45, 2.75) is 25.0 Å². The van der Waals surface area contributed by atoms with Gasteiger partial charge in [0.2, 0.25) is 0 Å². The van der Waals surface area contributed by atoms with E-state index in [-0.39, 0.29) is 0 Å². The van der Waals surface area contributed by atoms with Gasteiger partial charge in [-0.3, -0.25) is 4.90 Å². The lowest BCUT2D eigenvalue weighted by atomic mass is 9.94. The number of ether oxygens (including phenoxy) is 1. The van der Waals surface area contributed by atoms with Crippen LogP contribution in [0.4, 0.5) is 0 Å². The molecular weight excluding hydrogens is 302 g/mol. The van der Waals surface area contributed by atoms with E-state index >= 15 is 0 Å². The van der Waals surface area contributed by atoms with Crippen LogP contribution >= 0.6 is 27.3 Å². The van der Waals surface area contributed by atoms with Crippen LogP contribution in [0.1, 0.15) is 18.4 Å². The number of hydrogen-bond acceptors (Lipinski definition) is 4. The van der Waals surface area contributed by atoms with E-state index in [4.69, 9.17) is 4.74 Å². The van der Waals surface area contributed by atoms with E-state index in [9.17, 15) is 5.11 Å². The molecule has 1 aliphatic heterocycles. The summed E-state index contributed by atoms with van der Waals surface area (Å²) in [7, 11) is 2.05. The highest BCUT2D eigenvalue weighted by Gasteiger charge is 2.30. The van der Waals surface area contributed by atoms with Crippen molar-refractivity contribution in [3.05, 3.63) is 20.8 Å². The van der Waals surface area contributed by atoms with Gasteiger partial charge in [-0.05, 0) is 40.0 Å². The van der Waals surface area contributed by atoms with Crippen LogP contribution in [0.25, 0.3) is 0 Å². The molecule has 2 heterocycles. The molecule has 0 aliphatic carbocycles. The second-order valence-corrected chi connectivity index (χ2v) is 7.06. The van der Waals surface area contributed by atoms with Crippen LogP contribution in [-0.2, 0) is 11.3 Å². The van der Waals surface area contributed by atoms with Crippen LogP contribution in [0.3, 0.4) is 0 Å². The van der Waals surface area contributed by atoms with E-state index in [0.717, 1.165) is 23.2 Å². The monoisotopic (exact) mass is 319 g/mol. The maximum Gasteiger partial charge on any atom is 0.0817 e. The average molecular weight is 320 g/mol. The molecule has 0 aromatic carbocycles. The van der Waals surface area contributed by atoms with Crippen LogP contribution in [0.15, 0.2) is 15.2 Å². The predicted molar refractivity (Wildman–Crippen MR) is 73.4 cm³/mol. The van der Waals surface area contributed by atoms with Gasteiger partial charge in [-0.1, -0.05) is 0 Å². The SMILES string of the molecule is CN(Cc1csc(Br)c1)CC1(O)CCOCC1. The van der Waals surface area contributed by atoms with Crippen molar-refractivity contribution in [3.8, 4) is 0 Å². The van der Waals surface area contributed by atoms with Gasteiger partial charge in [0.05, 0.1) is 9.39 Å². The standard InChI is InChI=1S/C12H18BrNO2S/c1-14(7-10-6-11(13)17-8-10)9-12(15)2-4-16-5-3-12/h6,8,15H,2-5,7,9H2,1H3. The number of halogens is 1. The summed E-state index contributed by atoms with van der Waals surface area (Å²) in [6.45, 7) is 2.94. The first kappa shape index (κ1) is 13.5. The first-order chi connectivity index (χ1) is 8.07. The minimum absolute atomic E-state index is 0.569. The summed E-state index contributed by atoms with van der Waals surface area (Å²) in [6, 6.07) is 2.13. The van der Waals surface area contributed by atoms with Crippen molar-refractivity contribution in [1.82, 2.24) is 4.90 Å². The number of hydrogen-bond donors (Lipinski definition) is 1. The van der Waals surface area contributed by atoms with Crippen molar-refractivity contribution < 1.29 is 9.84 Å². The van der Waals surface area contributed by atoms with Gasteiger partial charge in [-0.25, -0.2) is 0 Å². The maximum absolute atomic E-state index is 10.4. The summed E-state index contributed by atoms with van der Waals surface area (Å²) in [5, 5.41) is 12.5. The Morgan fingerprint density at radius 2 is 2.24 bits per heavy atom. The zero-order valence-electron chi connectivity index (χ0n) is 9.99. The van der Waals surface area contributed by atoms with E-state index in [2.05, 4.69) is 39.3 Å². The summed E-state index contributed by atoms with van der Waals surface area (Å²) in [6.07, 6.45) is 1.48. The third-order valence-electron chi connectivity index (χ3n) is 3.06. The number of thiophene rings is 1. The Kier molecular flexibility index (Phi) is 4.60. The molecule has 1 saturated heterocycles. The van der Waals surface area contributed by atoms with Crippen LogP contribution in [0.5, 0.6) is 0 Å². The molecule has 0 saturated carbocycles. The van der Waals surface area contributed by atoms with Crippen LogP contribution in [0.2, 0.25) is 0 Å². The third kappa shape index (κ3) is 4.03. The van der Waals surface area contributed by atoms with Crippen molar-refractivity contribution in [2.75, 3.05) is 26.8 Å². The topological polar surface area (TPSA) is 32.7 Å². The summed E-state index contributed by atoms with van der Waals surface area (Å²) in [5.74, 6) is 0. The number of likely N-dealkylation sites (N-methyl/N-ethyl adjacent to an activating group) is 1. The van der Waals surface area contributed by atoms with Gasteiger partial charge in [0.25, 0.3) is 0 Å². The first-order valence-corrected chi connectivity index (χ1v) is 7.46. The molecule has 96 valence electrons. The minimum atomic E-state index is -0.569. The number of nitrogens with zero attached hydrogens (tertiary/aromatic N) is 1. The molecule has 0 bridgehead atoms. The molecule has 1 aromatic rings. The Labute approximate surface area is 115 Å². The fourth-order valence-corrected chi connectivity index (χ4v) is 3.41. The molecule has 1 N–H and O–H groups in total. The molecular formula is C12H18BrNO2S. The molecule has 0 spiro atoms. The quantitative estimate of drug-likeness (QED) is 0.925. The van der Waals surface area contributed by atoms with E-state index < -0.39 is 5.60 Å². The molecule has 1 aromatic heterocycles. The average Bonchev–Trinajstić information content (AvgIpc) is 2.63. The third-order valence-corrected chi connectivity index (χ3v) is 4.62. The largest absolute Gasteiger partial charge is 0.388 e. The van der Waals surface area contributed by atoms with Gasteiger partial charge in [0, 0.05) is 39.1 Å². The highest BCUT2D eigenvalue weighted by atomic mass is 79.9. The van der Waals surface area contributed by atoms with Crippen LogP contribution < -0.4 is 0 Å². The maximum atomic E-state index is 10.4. The Morgan fingerprint density at radius 1 is 1.53 bits per heavy atom. The second kappa shape index (κ2) is 5.80. The summed E-state index contributed by atoms with van der Waals surface area (Å²) in [5.41, 5.74) is 0.723. The molecule has 1 aliphatic rings. The van der Waals surface area contributed by atoms with Crippen molar-refractivity contribution in [2.24, 2.45) is 0 Å². The Hall–Kier alpha value is 0.0600. The molecule has 1 fully saturated rings. The highest BCUT2D eigenvalue weighted by Crippen LogP contribution is 2.24. The van der Waals surface area contributed by atoms with Gasteiger partial charge in [-0.15, -0.1) is 11.3 Å². The van der Waals surface area contributed by atoms with Crippen molar-refractivity contribution in [3.63, 3.8) is 0 Å². The number of rotatable bonds is 4. The summed E-state index contributed by atoms with van der Waals surface area (Å²) >= 11 is 5.16. The Morgan fingerprint density at radius 3 is 2.82 bits per heavy atom. The predicted octanol–water partition coefficient (Wildman–Crippen LogP) is 2.48. The van der Waals surface area contributed by atoms with Crippen molar-refractivity contribution >= 4 is 27.3 Å². The van der Waals surface area contributed by atoms with Gasteiger partial charge in [0.15, 0.2) is 0 Å². The van der Waals surface area contributed by atoms with Gasteiger partial charge in [-0.2, -0.15) is 0 Å². The zero-order valence-corrected chi connectivity index (χ0v) is 12.4. The van der Waals surface area contributed by atoms with E-state index in [1.54, 1.807) is 11.3 Å². The fraction of sp³-hybridized carbons (Fsp3) is 0.667. The smallest absolute Gasteiger partial charge is 0.0817 e. The van der Waals surface area contributed by atoms with E-state index in [1.165, 1.54) is 5.56 Å². The van der Waals surface area contributed by atoms with E-state index in [1.807, 2.05) is 0 Å². The Balaban J connectivity index is 1.85. The zero-order chi connectivity index (χ0) is 12.3. The molecule has 0 amide bonds. The molecule has 0 radical (unpaired) electrons.